The zero-order valence-corrected chi connectivity index (χ0v) is 26.6. The summed E-state index contributed by atoms with van der Waals surface area (Å²) in [5, 5.41) is 14.4. The van der Waals surface area contributed by atoms with Crippen LogP contribution in [0.1, 0.15) is 64.1 Å². The van der Waals surface area contributed by atoms with Gasteiger partial charge in [-0.25, -0.2) is 0 Å². The number of pyridine rings is 2. The van der Waals surface area contributed by atoms with Gasteiger partial charge in [-0.1, -0.05) is 67.5 Å². The first-order valence-corrected chi connectivity index (χ1v) is 12.7. The van der Waals surface area contributed by atoms with Gasteiger partial charge in [0.25, 0.3) is 0 Å². The van der Waals surface area contributed by atoms with Gasteiger partial charge in [-0.2, -0.15) is 0 Å². The van der Waals surface area contributed by atoms with Gasteiger partial charge in [0.15, 0.2) is 5.78 Å². The number of carbonyl (C=O) groups is 1. The summed E-state index contributed by atoms with van der Waals surface area (Å²) in [5.74, 6) is 0.104. The van der Waals surface area contributed by atoms with Crippen molar-refractivity contribution >= 4 is 27.3 Å². The van der Waals surface area contributed by atoms with Crippen LogP contribution in [-0.2, 0) is 24.9 Å². The zero-order chi connectivity index (χ0) is 27.7. The molecule has 0 fully saturated rings. The topological polar surface area (TPSA) is 63.1 Å². The molecule has 2 aromatic carbocycles. The Kier molecular flexibility index (Phi) is 9.80. The monoisotopic (exact) mass is 688 g/mol. The Balaban J connectivity index is 0.000000313. The number of hydrogen-bond acceptors (Lipinski definition) is 4. The van der Waals surface area contributed by atoms with Gasteiger partial charge in [0, 0.05) is 60.0 Å². The molecule has 5 heteroatoms. The quantitative estimate of drug-likeness (QED) is 0.0993. The molecule has 0 saturated heterocycles. The van der Waals surface area contributed by atoms with Crippen molar-refractivity contribution < 1.29 is 30.0 Å². The molecule has 4 nitrogen and oxygen atoms in total. The molecule has 1 N–H and O–H groups in total. The number of hydrogen-bond donors (Lipinski definition) is 1. The molecule has 0 atom stereocenters. The van der Waals surface area contributed by atoms with Crippen LogP contribution < -0.4 is 0 Å². The minimum atomic E-state index is -0.417. The van der Waals surface area contributed by atoms with Gasteiger partial charge in [-0.3, -0.25) is 9.78 Å². The van der Waals surface area contributed by atoms with Gasteiger partial charge in [-0.05, 0) is 47.8 Å². The fraction of sp³-hybridized carbons (Fsp3) is 0.364. The fourth-order valence-electron chi connectivity index (χ4n) is 4.11. The molecule has 0 spiro atoms. The summed E-state index contributed by atoms with van der Waals surface area (Å²) in [5.41, 5.74) is 5.78. The minimum Gasteiger partial charge on any atom is -0.512 e. The Labute approximate surface area is 241 Å². The Morgan fingerprint density at radius 2 is 1.47 bits per heavy atom. The second-order valence-corrected chi connectivity index (χ2v) is 11.9. The third-order valence-electron chi connectivity index (χ3n) is 6.25. The predicted octanol–water partition coefficient (Wildman–Crippen LogP) is 8.57. The second-order valence-electron chi connectivity index (χ2n) is 11.9. The maximum Gasteiger partial charge on any atom is 0.164 e. The van der Waals surface area contributed by atoms with E-state index in [1.165, 1.54) is 27.8 Å². The molecule has 0 aliphatic heterocycles. The number of aliphatic hydroxyl groups is 1. The number of rotatable bonds is 2. The van der Waals surface area contributed by atoms with E-state index in [2.05, 4.69) is 73.2 Å². The number of allylic oxidation sites excluding steroid dienone is 2. The molecule has 1 radical (unpaired) electrons. The van der Waals surface area contributed by atoms with Crippen LogP contribution in [0.25, 0.3) is 32.8 Å². The molecule has 4 aromatic rings. The summed E-state index contributed by atoms with van der Waals surface area (Å²) in [6.07, 6.45) is 3.23. The van der Waals surface area contributed by atoms with Crippen molar-refractivity contribution in [3.8, 4) is 11.3 Å². The number of fused-ring (bicyclic) bond motifs is 3. The van der Waals surface area contributed by atoms with Crippen molar-refractivity contribution in [1.29, 1.82) is 0 Å². The first-order valence-electron chi connectivity index (χ1n) is 12.7. The van der Waals surface area contributed by atoms with E-state index >= 15 is 0 Å². The smallest absolute Gasteiger partial charge is 0.164 e. The van der Waals surface area contributed by atoms with Gasteiger partial charge in [0.2, 0.25) is 0 Å². The molecule has 0 aliphatic carbocycles. The van der Waals surface area contributed by atoms with Gasteiger partial charge in [0.1, 0.15) is 5.76 Å². The second kappa shape index (κ2) is 11.9. The third kappa shape index (κ3) is 7.36. The van der Waals surface area contributed by atoms with E-state index in [9.17, 15) is 9.90 Å². The van der Waals surface area contributed by atoms with Crippen LogP contribution in [0.5, 0.6) is 0 Å². The van der Waals surface area contributed by atoms with Gasteiger partial charge >= 0.3 is 0 Å². The number of benzene rings is 2. The molecule has 2 heterocycles. The molecule has 0 unspecified atom stereocenters. The number of ketones is 1. The molecule has 0 bridgehead atoms. The number of nitrogens with zero attached hydrogens (tertiary/aromatic N) is 2. The first-order chi connectivity index (χ1) is 17.1. The van der Waals surface area contributed by atoms with Gasteiger partial charge in [-0.15, -0.1) is 34.9 Å². The largest absolute Gasteiger partial charge is 0.512 e. The molecular formula is C33H39IrN2O2-. The standard InChI is InChI=1S/C22H19N2.C11H20O2.Ir/c1-13-9-14(2)11-17(10-13)22-20-6-5-18-16(4)24-15(3)12-21(18)19(20)7-8-23-22;1-10(2,3)8(12)7-9(13)11(4,5)6;/h5-10,12H,1-4H3;7,12H,1-6H3;/q-1;;/b;8-7-;. The molecule has 38 heavy (non-hydrogen) atoms. The van der Waals surface area contributed by atoms with Crippen LogP contribution >= 0.6 is 0 Å². The average molecular weight is 688 g/mol. The SMILES string of the molecule is CC(C)(C)C(=O)/C=C(\O)C(C)(C)C.Cc1[c-]c(-c2nccc3c2ccc2c(C)nc(C)cc23)cc(C)c1.[Ir]. The summed E-state index contributed by atoms with van der Waals surface area (Å²) < 4.78 is 0. The predicted molar refractivity (Wildman–Crippen MR) is 155 cm³/mol. The van der Waals surface area contributed by atoms with E-state index in [-0.39, 0.29) is 37.1 Å². The van der Waals surface area contributed by atoms with E-state index in [1.807, 2.05) is 54.7 Å². The van der Waals surface area contributed by atoms with E-state index in [1.54, 1.807) is 0 Å². The van der Waals surface area contributed by atoms with Crippen LogP contribution in [0.4, 0.5) is 0 Å². The average Bonchev–Trinajstić information content (AvgIpc) is 2.77. The molecule has 0 amide bonds. The summed E-state index contributed by atoms with van der Waals surface area (Å²) >= 11 is 0. The van der Waals surface area contributed by atoms with E-state index < -0.39 is 5.41 Å². The molecule has 4 rings (SSSR count). The molecule has 203 valence electrons. The molecule has 0 aliphatic rings. The van der Waals surface area contributed by atoms with Crippen molar-refractivity contribution in [1.82, 2.24) is 9.97 Å². The Hall–Kier alpha value is -2.88. The van der Waals surface area contributed by atoms with Crippen molar-refractivity contribution in [3.05, 3.63) is 83.0 Å². The molecule has 2 aromatic heterocycles. The Morgan fingerprint density at radius 3 is 2.05 bits per heavy atom. The Bertz CT molecular complexity index is 1490. The van der Waals surface area contributed by atoms with Crippen LogP contribution in [0.15, 0.2) is 54.4 Å². The van der Waals surface area contributed by atoms with Crippen LogP contribution in [0.3, 0.4) is 0 Å². The fourth-order valence-corrected chi connectivity index (χ4v) is 4.11. The van der Waals surface area contributed by atoms with Crippen molar-refractivity contribution in [2.45, 2.75) is 69.2 Å². The normalized spacial score (nSPS) is 12.1. The van der Waals surface area contributed by atoms with Gasteiger partial charge in [0.05, 0.1) is 0 Å². The molecular weight excluding hydrogens is 649 g/mol. The van der Waals surface area contributed by atoms with E-state index in [0.717, 1.165) is 33.6 Å². The summed E-state index contributed by atoms with van der Waals surface area (Å²) in [6, 6.07) is 16.3. The van der Waals surface area contributed by atoms with E-state index in [4.69, 9.17) is 0 Å². The van der Waals surface area contributed by atoms with Crippen LogP contribution in [-0.4, -0.2) is 20.9 Å². The number of aryl methyl sites for hydroxylation is 4. The number of carbonyl (C=O) groups excluding carboxylic acids is 1. The zero-order valence-electron chi connectivity index (χ0n) is 24.2. The maximum absolute atomic E-state index is 11.5. The summed E-state index contributed by atoms with van der Waals surface area (Å²) in [7, 11) is 0. The van der Waals surface area contributed by atoms with E-state index in [0.29, 0.717) is 0 Å². The first kappa shape index (κ1) is 31.3. The van der Waals surface area contributed by atoms with Crippen LogP contribution in [0, 0.1) is 44.6 Å². The molecule has 0 saturated carbocycles. The summed E-state index contributed by atoms with van der Waals surface area (Å²) in [4.78, 5) is 20.7. The van der Waals surface area contributed by atoms with Gasteiger partial charge < -0.3 is 10.1 Å². The van der Waals surface area contributed by atoms with Crippen LogP contribution in [0.2, 0.25) is 0 Å². The third-order valence-corrected chi connectivity index (χ3v) is 6.25. The Morgan fingerprint density at radius 1 is 0.842 bits per heavy atom. The van der Waals surface area contributed by atoms with Crippen molar-refractivity contribution in [3.63, 3.8) is 0 Å². The van der Waals surface area contributed by atoms with Crippen molar-refractivity contribution in [2.75, 3.05) is 0 Å². The van der Waals surface area contributed by atoms with Crippen molar-refractivity contribution in [2.24, 2.45) is 10.8 Å². The maximum atomic E-state index is 11.5. The summed E-state index contributed by atoms with van der Waals surface area (Å²) in [6.45, 7) is 19.4. The number of aliphatic hydroxyl groups excluding tert-OH is 1. The minimum absolute atomic E-state index is 0. The number of aromatic nitrogens is 2.